The largest absolute Gasteiger partial charge is 0.444 e. The van der Waals surface area contributed by atoms with E-state index in [2.05, 4.69) is 10.6 Å². The third-order valence-electron chi connectivity index (χ3n) is 4.48. The first-order chi connectivity index (χ1) is 13.5. The molecule has 7 nitrogen and oxygen atoms in total. The van der Waals surface area contributed by atoms with Crippen LogP contribution in [0.15, 0.2) is 24.3 Å². The monoisotopic (exact) mass is 403 g/mol. The van der Waals surface area contributed by atoms with Crippen LogP contribution in [0.5, 0.6) is 0 Å². The third kappa shape index (κ3) is 7.75. The summed E-state index contributed by atoms with van der Waals surface area (Å²) >= 11 is 0. The number of anilines is 1. The molecule has 7 heteroatoms. The fraction of sp³-hybridized carbons (Fsp3) is 0.591. The van der Waals surface area contributed by atoms with E-state index < -0.39 is 5.60 Å². The lowest BCUT2D eigenvalue weighted by molar-refractivity contribution is -0.122. The molecule has 2 N–H and O–H groups in total. The number of nitrogens with zero attached hydrogens (tertiary/aromatic N) is 1. The van der Waals surface area contributed by atoms with Crippen molar-refractivity contribution >= 4 is 23.6 Å². The summed E-state index contributed by atoms with van der Waals surface area (Å²) in [7, 11) is 0. The number of carbonyl (C=O) groups is 3. The molecule has 1 aliphatic rings. The molecule has 1 fully saturated rings. The van der Waals surface area contributed by atoms with Gasteiger partial charge in [-0.25, -0.2) is 4.79 Å². The van der Waals surface area contributed by atoms with Crippen molar-refractivity contribution in [2.24, 2.45) is 5.92 Å². The number of carbonyl (C=O) groups excluding carboxylic acids is 3. The number of ether oxygens (including phenoxy) is 1. The van der Waals surface area contributed by atoms with E-state index in [1.807, 2.05) is 46.8 Å². The highest BCUT2D eigenvalue weighted by Crippen LogP contribution is 2.21. The summed E-state index contributed by atoms with van der Waals surface area (Å²) < 4.78 is 5.41. The molecule has 0 saturated carbocycles. The molecule has 1 aliphatic heterocycles. The van der Waals surface area contributed by atoms with Crippen molar-refractivity contribution in [2.45, 2.75) is 65.5 Å². The molecule has 1 aromatic carbocycles. The van der Waals surface area contributed by atoms with Gasteiger partial charge in [0.2, 0.25) is 11.8 Å². The van der Waals surface area contributed by atoms with Crippen molar-refractivity contribution in [1.29, 1.82) is 0 Å². The lowest BCUT2D eigenvalue weighted by Gasteiger charge is -2.33. The fourth-order valence-electron chi connectivity index (χ4n) is 3.19. The molecule has 0 bridgehead atoms. The lowest BCUT2D eigenvalue weighted by Crippen LogP contribution is -2.45. The molecule has 160 valence electrons. The van der Waals surface area contributed by atoms with E-state index in [-0.39, 0.29) is 29.9 Å². The number of amides is 3. The Balaban J connectivity index is 1.89. The molecule has 1 heterocycles. The molecular weight excluding hydrogens is 370 g/mol. The van der Waals surface area contributed by atoms with Gasteiger partial charge >= 0.3 is 6.09 Å². The van der Waals surface area contributed by atoms with Crippen molar-refractivity contribution in [3.05, 3.63) is 29.8 Å². The van der Waals surface area contributed by atoms with Gasteiger partial charge in [-0.2, -0.15) is 0 Å². The number of likely N-dealkylation sites (tertiary alicyclic amines) is 1. The Labute approximate surface area is 173 Å². The van der Waals surface area contributed by atoms with Crippen LogP contribution in [0.1, 0.15) is 53.0 Å². The molecule has 1 saturated heterocycles. The van der Waals surface area contributed by atoms with Gasteiger partial charge in [0.1, 0.15) is 5.60 Å². The molecular formula is C22H33N3O4. The summed E-state index contributed by atoms with van der Waals surface area (Å²) in [5.74, 6) is -0.405. The van der Waals surface area contributed by atoms with E-state index >= 15 is 0 Å². The SMILES string of the molecule is CC(C)NC(=O)Cc1ccc(NC(=O)C2CCCN(C(=O)OC(C)(C)C)C2)cc1. The van der Waals surface area contributed by atoms with Gasteiger partial charge in [-0.3, -0.25) is 9.59 Å². The first-order valence-electron chi connectivity index (χ1n) is 10.2. The fourth-order valence-corrected chi connectivity index (χ4v) is 3.19. The predicted molar refractivity (Wildman–Crippen MR) is 113 cm³/mol. The van der Waals surface area contributed by atoms with Gasteiger partial charge in [-0.15, -0.1) is 0 Å². The minimum atomic E-state index is -0.555. The Morgan fingerprint density at radius 3 is 2.41 bits per heavy atom. The molecule has 29 heavy (non-hydrogen) atoms. The molecule has 0 aromatic heterocycles. The topological polar surface area (TPSA) is 87.7 Å². The van der Waals surface area contributed by atoms with Crippen LogP contribution in [-0.4, -0.2) is 47.5 Å². The van der Waals surface area contributed by atoms with E-state index in [1.54, 1.807) is 17.0 Å². The van der Waals surface area contributed by atoms with Crippen molar-refractivity contribution < 1.29 is 19.1 Å². The minimum Gasteiger partial charge on any atom is -0.444 e. The van der Waals surface area contributed by atoms with Crippen molar-refractivity contribution in [1.82, 2.24) is 10.2 Å². The highest BCUT2D eigenvalue weighted by molar-refractivity contribution is 5.93. The van der Waals surface area contributed by atoms with Crippen LogP contribution < -0.4 is 10.6 Å². The van der Waals surface area contributed by atoms with Gasteiger partial charge < -0.3 is 20.3 Å². The number of nitrogens with one attached hydrogen (secondary N) is 2. The average molecular weight is 404 g/mol. The second-order valence-corrected chi connectivity index (χ2v) is 8.85. The summed E-state index contributed by atoms with van der Waals surface area (Å²) in [5, 5.41) is 5.77. The van der Waals surface area contributed by atoms with Crippen LogP contribution in [-0.2, 0) is 20.7 Å². The van der Waals surface area contributed by atoms with Crippen LogP contribution in [0.25, 0.3) is 0 Å². The zero-order valence-corrected chi connectivity index (χ0v) is 18.1. The first-order valence-corrected chi connectivity index (χ1v) is 10.2. The standard InChI is InChI=1S/C22H33N3O4/c1-15(2)23-19(26)13-16-8-10-18(11-9-16)24-20(27)17-7-6-12-25(14-17)21(28)29-22(3,4)5/h8-11,15,17H,6-7,12-14H2,1-5H3,(H,23,26)(H,24,27). The van der Waals surface area contributed by atoms with E-state index in [1.165, 1.54) is 0 Å². The van der Waals surface area contributed by atoms with E-state index in [0.717, 1.165) is 18.4 Å². The van der Waals surface area contributed by atoms with E-state index in [4.69, 9.17) is 4.74 Å². The Morgan fingerprint density at radius 2 is 1.83 bits per heavy atom. The third-order valence-corrected chi connectivity index (χ3v) is 4.48. The zero-order chi connectivity index (χ0) is 21.6. The van der Waals surface area contributed by atoms with Gasteiger partial charge in [-0.1, -0.05) is 12.1 Å². The molecule has 0 radical (unpaired) electrons. The average Bonchev–Trinajstić information content (AvgIpc) is 2.61. The van der Waals surface area contributed by atoms with Crippen LogP contribution in [0.3, 0.4) is 0 Å². The first kappa shape index (κ1) is 22.7. The van der Waals surface area contributed by atoms with Crippen LogP contribution in [0.2, 0.25) is 0 Å². The van der Waals surface area contributed by atoms with Gasteiger partial charge in [0.05, 0.1) is 12.3 Å². The molecule has 1 unspecified atom stereocenters. The predicted octanol–water partition coefficient (Wildman–Crippen LogP) is 3.34. The Kier molecular flexibility index (Phi) is 7.65. The molecule has 1 aromatic rings. The van der Waals surface area contributed by atoms with Crippen LogP contribution in [0.4, 0.5) is 10.5 Å². The Bertz CT molecular complexity index is 723. The van der Waals surface area contributed by atoms with Gasteiger partial charge in [-0.05, 0) is 65.2 Å². The summed E-state index contributed by atoms with van der Waals surface area (Å²) in [5.41, 5.74) is 1.01. The van der Waals surface area contributed by atoms with Gasteiger partial charge in [0, 0.05) is 24.8 Å². The molecule has 3 amide bonds. The highest BCUT2D eigenvalue weighted by atomic mass is 16.6. The smallest absolute Gasteiger partial charge is 0.410 e. The van der Waals surface area contributed by atoms with Crippen molar-refractivity contribution in [3.8, 4) is 0 Å². The van der Waals surface area contributed by atoms with Gasteiger partial charge in [0.15, 0.2) is 0 Å². The van der Waals surface area contributed by atoms with Crippen LogP contribution in [0, 0.1) is 5.92 Å². The number of hydrogen-bond donors (Lipinski definition) is 2. The maximum atomic E-state index is 12.7. The molecule has 0 aliphatic carbocycles. The second-order valence-electron chi connectivity index (χ2n) is 8.85. The van der Waals surface area contributed by atoms with Crippen LogP contribution >= 0.6 is 0 Å². The number of hydrogen-bond acceptors (Lipinski definition) is 4. The number of benzene rings is 1. The highest BCUT2D eigenvalue weighted by Gasteiger charge is 2.31. The summed E-state index contributed by atoms with van der Waals surface area (Å²) in [6, 6.07) is 7.37. The zero-order valence-electron chi connectivity index (χ0n) is 18.1. The Morgan fingerprint density at radius 1 is 1.17 bits per heavy atom. The maximum Gasteiger partial charge on any atom is 0.410 e. The van der Waals surface area contributed by atoms with Gasteiger partial charge in [0.25, 0.3) is 0 Å². The quantitative estimate of drug-likeness (QED) is 0.789. The normalized spacial score (nSPS) is 17.0. The van der Waals surface area contributed by atoms with E-state index in [0.29, 0.717) is 25.2 Å². The Hall–Kier alpha value is -2.57. The van der Waals surface area contributed by atoms with Crippen molar-refractivity contribution in [2.75, 3.05) is 18.4 Å². The minimum absolute atomic E-state index is 0.0266. The summed E-state index contributed by atoms with van der Waals surface area (Å²) in [6.07, 6.45) is 1.43. The van der Waals surface area contributed by atoms with Crippen molar-refractivity contribution in [3.63, 3.8) is 0 Å². The second kappa shape index (κ2) is 9.76. The summed E-state index contributed by atoms with van der Waals surface area (Å²) in [4.78, 5) is 38.4. The summed E-state index contributed by atoms with van der Waals surface area (Å²) in [6.45, 7) is 10.3. The molecule has 2 rings (SSSR count). The lowest BCUT2D eigenvalue weighted by atomic mass is 9.97. The molecule has 0 spiro atoms. The maximum absolute atomic E-state index is 12.7. The number of piperidine rings is 1. The number of rotatable bonds is 5. The molecule has 1 atom stereocenters. The van der Waals surface area contributed by atoms with E-state index in [9.17, 15) is 14.4 Å².